The van der Waals surface area contributed by atoms with Crippen molar-refractivity contribution in [3.63, 3.8) is 0 Å². The number of hydrogen-bond donors (Lipinski definition) is 3. The number of nitrogens with zero attached hydrogens (tertiary/aromatic N) is 2. The second kappa shape index (κ2) is 12.3. The summed E-state index contributed by atoms with van der Waals surface area (Å²) >= 11 is -4.61. The van der Waals surface area contributed by atoms with E-state index in [4.69, 9.17) is 14.7 Å². The van der Waals surface area contributed by atoms with Crippen LogP contribution in [0.5, 0.6) is 5.75 Å². The predicted octanol–water partition coefficient (Wildman–Crippen LogP) is 3.57. The van der Waals surface area contributed by atoms with Crippen LogP contribution in [0.25, 0.3) is 0 Å². The van der Waals surface area contributed by atoms with Gasteiger partial charge in [-0.3, -0.25) is 0 Å². The maximum absolute atomic E-state index is 14.7. The van der Waals surface area contributed by atoms with Gasteiger partial charge in [-0.1, -0.05) is 0 Å². The Morgan fingerprint density at radius 1 is 1.19 bits per heavy atom. The first-order valence-electron chi connectivity index (χ1n) is 11.7. The number of hydroxylamine groups is 1. The van der Waals surface area contributed by atoms with Gasteiger partial charge in [0.2, 0.25) is 0 Å². The normalized spacial score (nSPS) is 21.4. The molecule has 36 heavy (non-hydrogen) atoms. The number of halogens is 5. The van der Waals surface area contributed by atoms with E-state index in [2.05, 4.69) is 0 Å². The van der Waals surface area contributed by atoms with Crippen molar-refractivity contribution in [1.82, 2.24) is 8.59 Å². The summed E-state index contributed by atoms with van der Waals surface area (Å²) in [6.45, 7) is 1.54. The van der Waals surface area contributed by atoms with Gasteiger partial charge in [0.1, 0.15) is 0 Å². The number of ether oxygens (including phenoxy) is 2. The summed E-state index contributed by atoms with van der Waals surface area (Å²) in [5.41, 5.74) is 1.01. The molecule has 9 nitrogen and oxygen atoms in total. The van der Waals surface area contributed by atoms with Crippen molar-refractivity contribution in [3.8, 4) is 5.75 Å². The molecule has 1 aromatic carbocycles. The van der Waals surface area contributed by atoms with Crippen LogP contribution in [-0.2, 0) is 12.6 Å². The zero-order valence-corrected chi connectivity index (χ0v) is 21.9. The second-order valence-electron chi connectivity index (χ2n) is 8.91. The summed E-state index contributed by atoms with van der Waals surface area (Å²) in [5, 5.41) is 9.13. The molecule has 2 aliphatic rings. The molecule has 2 fully saturated rings. The van der Waals surface area contributed by atoms with Crippen molar-refractivity contribution < 1.29 is 43.5 Å². The molecule has 14 heteroatoms. The van der Waals surface area contributed by atoms with Gasteiger partial charge in [-0.25, -0.2) is 0 Å². The van der Waals surface area contributed by atoms with Crippen molar-refractivity contribution in [1.29, 1.82) is 0 Å². The summed E-state index contributed by atoms with van der Waals surface area (Å²) in [7, 11) is 0. The van der Waals surface area contributed by atoms with E-state index in [0.29, 0.717) is 39.1 Å². The molecule has 2 saturated heterocycles. The molecule has 1 aromatic rings. The van der Waals surface area contributed by atoms with Crippen LogP contribution < -0.4 is 15.1 Å². The molecule has 0 aliphatic carbocycles. The summed E-state index contributed by atoms with van der Waals surface area (Å²) in [6.07, 6.45) is -4.60. The van der Waals surface area contributed by atoms with Crippen LogP contribution in [-0.4, -0.2) is 74.3 Å². The van der Waals surface area contributed by atoms with E-state index in [9.17, 15) is 28.9 Å². The number of nitrogens with one attached hydrogen (secondary N) is 1. The Labute approximate surface area is 211 Å². The molecular formula is C22H32F4IN3O6. The molecule has 3 N–H and O–H groups in total. The number of amides is 1. The molecule has 206 valence electrons. The van der Waals surface area contributed by atoms with Gasteiger partial charge in [0.05, 0.1) is 0 Å². The van der Waals surface area contributed by atoms with E-state index in [1.54, 1.807) is 10.4 Å². The Balaban J connectivity index is 1.52. The number of piperazine rings is 1. The third kappa shape index (κ3) is 7.69. The number of anilines is 1. The van der Waals surface area contributed by atoms with Crippen LogP contribution in [0.15, 0.2) is 18.2 Å². The fraction of sp³-hybridized carbons (Fsp3) is 0.682. The number of alkyl halides is 4. The minimum absolute atomic E-state index is 0.0609. The van der Waals surface area contributed by atoms with Crippen LogP contribution >= 0.6 is 19.1 Å². The minimum atomic E-state index is -4.61. The molecule has 0 radical (unpaired) electrons. The average Bonchev–Trinajstić information content (AvgIpc) is 2.85. The Morgan fingerprint density at radius 2 is 1.86 bits per heavy atom. The van der Waals surface area contributed by atoms with Gasteiger partial charge in [0.25, 0.3) is 0 Å². The molecule has 0 spiro atoms. The summed E-state index contributed by atoms with van der Waals surface area (Å²) < 4.78 is 87.2. The summed E-state index contributed by atoms with van der Waals surface area (Å²) in [6, 6.07) is 4.09. The quantitative estimate of drug-likeness (QED) is 0.0680. The molecule has 1 unspecified atom stereocenters. The van der Waals surface area contributed by atoms with Crippen LogP contribution in [0.2, 0.25) is 0 Å². The van der Waals surface area contributed by atoms with Gasteiger partial charge in [-0.05, 0) is 0 Å². The Kier molecular flexibility index (Phi) is 9.87. The summed E-state index contributed by atoms with van der Waals surface area (Å²) in [5.74, 6) is -1.03. The average molecular weight is 637 g/mol. The zero-order valence-electron chi connectivity index (χ0n) is 19.7. The van der Waals surface area contributed by atoms with Crippen molar-refractivity contribution in [2.24, 2.45) is 5.41 Å². The predicted molar refractivity (Wildman–Crippen MR) is 130 cm³/mol. The molecule has 1 amide bonds. The zero-order chi connectivity index (χ0) is 26.4. The van der Waals surface area contributed by atoms with Gasteiger partial charge < -0.3 is 0 Å². The van der Waals surface area contributed by atoms with E-state index in [0.717, 1.165) is 6.07 Å². The van der Waals surface area contributed by atoms with E-state index in [1.807, 2.05) is 0 Å². The van der Waals surface area contributed by atoms with Crippen molar-refractivity contribution >= 4 is 30.7 Å². The van der Waals surface area contributed by atoms with Crippen LogP contribution in [0.3, 0.4) is 0 Å². The fourth-order valence-corrected chi connectivity index (χ4v) is 8.73. The summed E-state index contributed by atoms with van der Waals surface area (Å²) in [4.78, 5) is 14.0. The van der Waals surface area contributed by atoms with E-state index >= 15 is 0 Å². The molecule has 0 aromatic heterocycles. The number of carbonyl (C=O) groups excluding carboxylic acids is 1. The molecular weight excluding hydrogens is 605 g/mol. The standard InChI is InChI=1S/C22H32F4IN3O6/c23-18-16-17(36-13-1-4-22(24,25)26)2-3-19(18)29-9-11-30(12-10-29)27(32,33)8-5-21(20(31)28-34)6-14-35-15-7-21/h2-3,16,34H,1,4-15H2,(H,28,31)(H,32,33). The SMILES string of the molecule is O=C(NO)C1(CCI(=O)(O)N2CCN(c3ccc(OCCCC(F)(F)F)cc3F)CC2)CCOCC1. The number of carbonyl (C=O) groups is 1. The third-order valence-corrected chi connectivity index (χ3v) is 11.6. The Bertz CT molecular complexity index is 937. The first kappa shape index (κ1) is 28.9. The topological polar surface area (TPSA) is 112 Å². The monoisotopic (exact) mass is 637 g/mol. The number of benzene rings is 1. The van der Waals surface area contributed by atoms with E-state index in [-0.39, 0.29) is 48.4 Å². The first-order chi connectivity index (χ1) is 17.0. The van der Waals surface area contributed by atoms with Gasteiger partial charge in [-0.2, -0.15) is 13.2 Å². The Hall–Kier alpha value is -1.62. The van der Waals surface area contributed by atoms with Crippen LogP contribution in [0, 0.1) is 11.2 Å². The van der Waals surface area contributed by atoms with Gasteiger partial charge >= 0.3 is 198 Å². The molecule has 0 saturated carbocycles. The number of hydrogen-bond acceptors (Lipinski definition) is 6. The van der Waals surface area contributed by atoms with Gasteiger partial charge in [0, 0.05) is 0 Å². The van der Waals surface area contributed by atoms with Crippen molar-refractivity contribution in [2.75, 3.05) is 55.3 Å². The molecule has 2 aliphatic heterocycles. The molecule has 3 rings (SSSR count). The molecule has 0 bridgehead atoms. The number of rotatable bonds is 10. The first-order valence-corrected chi connectivity index (χ1v) is 16.0. The second-order valence-corrected chi connectivity index (χ2v) is 14.6. The maximum atomic E-state index is 14.7. The van der Waals surface area contributed by atoms with Crippen LogP contribution in [0.1, 0.15) is 32.1 Å². The van der Waals surface area contributed by atoms with E-state index in [1.165, 1.54) is 15.2 Å². The van der Waals surface area contributed by atoms with Gasteiger partial charge in [0.15, 0.2) is 0 Å². The van der Waals surface area contributed by atoms with E-state index < -0.39 is 48.8 Å². The third-order valence-electron chi connectivity index (χ3n) is 6.58. The molecule has 1 atom stereocenters. The van der Waals surface area contributed by atoms with Crippen molar-refractivity contribution in [2.45, 2.75) is 38.3 Å². The van der Waals surface area contributed by atoms with Gasteiger partial charge in [-0.15, -0.1) is 0 Å². The fourth-order valence-electron chi connectivity index (χ4n) is 4.38. The molecule has 2 heterocycles. The Morgan fingerprint density at radius 3 is 2.44 bits per heavy atom. The van der Waals surface area contributed by atoms with Crippen molar-refractivity contribution in [3.05, 3.63) is 24.0 Å². The van der Waals surface area contributed by atoms with Crippen LogP contribution in [0.4, 0.5) is 23.2 Å².